The highest BCUT2D eigenvalue weighted by atomic mass is 79.9. The lowest BCUT2D eigenvalue weighted by Gasteiger charge is -2.26. The van der Waals surface area contributed by atoms with Crippen molar-refractivity contribution in [1.29, 1.82) is 0 Å². The molecule has 0 bridgehead atoms. The molecule has 0 aliphatic carbocycles. The quantitative estimate of drug-likeness (QED) is 0.325. The Hall–Kier alpha value is -3.51. The van der Waals surface area contributed by atoms with Crippen molar-refractivity contribution >= 4 is 39.3 Å². The lowest BCUT2D eigenvalue weighted by molar-refractivity contribution is -0.139. The molecule has 39 heavy (non-hydrogen) atoms. The van der Waals surface area contributed by atoms with Gasteiger partial charge in [0.1, 0.15) is 5.75 Å². The molecule has 1 atom stereocenters. The molecule has 0 unspecified atom stereocenters. The van der Waals surface area contributed by atoms with Crippen LogP contribution in [0.1, 0.15) is 37.9 Å². The molecule has 1 aliphatic heterocycles. The Morgan fingerprint density at radius 1 is 1.18 bits per heavy atom. The number of esters is 1. The van der Waals surface area contributed by atoms with E-state index in [1.54, 1.807) is 44.2 Å². The van der Waals surface area contributed by atoms with Crippen molar-refractivity contribution in [3.63, 3.8) is 0 Å². The number of nitrogens with zero attached hydrogens (tertiary/aromatic N) is 2. The van der Waals surface area contributed by atoms with Crippen molar-refractivity contribution < 1.29 is 32.5 Å². The highest BCUT2D eigenvalue weighted by Crippen LogP contribution is 2.41. The van der Waals surface area contributed by atoms with Crippen LogP contribution in [0.2, 0.25) is 0 Å². The molecule has 0 spiro atoms. The van der Waals surface area contributed by atoms with Crippen molar-refractivity contribution in [2.75, 3.05) is 20.3 Å². The number of fused-ring (bicyclic) bond motifs is 1. The Balaban J connectivity index is 1.92. The summed E-state index contributed by atoms with van der Waals surface area (Å²) in [5.41, 5.74) is 1.44. The molecule has 12 heteroatoms. The largest absolute Gasteiger partial charge is 0.493 e. The summed E-state index contributed by atoms with van der Waals surface area (Å²) >= 11 is 4.73. The smallest absolute Gasteiger partial charge is 0.387 e. The summed E-state index contributed by atoms with van der Waals surface area (Å²) in [7, 11) is 1.52. The predicted molar refractivity (Wildman–Crippen MR) is 145 cm³/mol. The van der Waals surface area contributed by atoms with E-state index in [4.69, 9.17) is 14.2 Å². The second-order valence-electron chi connectivity index (χ2n) is 8.21. The summed E-state index contributed by atoms with van der Waals surface area (Å²) in [5, 5.41) is 0. The molecule has 2 aromatic carbocycles. The Kier molecular flexibility index (Phi) is 8.86. The molecule has 8 nitrogen and oxygen atoms in total. The van der Waals surface area contributed by atoms with Gasteiger partial charge in [-0.05, 0) is 62.2 Å². The standard InChI is InChI=1S/C27H25BrF2N2O6S/c1-5-36-20-12-17(18(28)13-19(20)35-4)23-22(25(34)37-6-2)14(3)31-27-32(23)24(33)21(39-27)11-15-7-9-16(10-8-15)38-26(29)30/h7-13,23,26H,5-6H2,1-4H3/b21-11+/t23-/m0/s1. The number of aromatic nitrogens is 1. The number of carbonyl (C=O) groups excluding carboxylic acids is 1. The molecule has 0 saturated heterocycles. The maximum Gasteiger partial charge on any atom is 0.387 e. The molecule has 206 valence electrons. The van der Waals surface area contributed by atoms with Crippen LogP contribution < -0.4 is 29.1 Å². The van der Waals surface area contributed by atoms with E-state index in [0.717, 1.165) is 11.3 Å². The third-order valence-electron chi connectivity index (χ3n) is 5.80. The van der Waals surface area contributed by atoms with Gasteiger partial charge in [0.25, 0.3) is 5.56 Å². The summed E-state index contributed by atoms with van der Waals surface area (Å²) in [6.45, 7) is 2.82. The second kappa shape index (κ2) is 12.1. The average molecular weight is 623 g/mol. The van der Waals surface area contributed by atoms with E-state index in [-0.39, 0.29) is 23.5 Å². The van der Waals surface area contributed by atoms with Crippen LogP contribution in [0.25, 0.3) is 6.08 Å². The maximum absolute atomic E-state index is 13.8. The van der Waals surface area contributed by atoms with E-state index in [1.165, 1.54) is 23.8 Å². The van der Waals surface area contributed by atoms with Crippen LogP contribution in [0, 0.1) is 0 Å². The minimum atomic E-state index is -2.93. The summed E-state index contributed by atoms with van der Waals surface area (Å²) in [6, 6.07) is 8.50. The molecule has 0 amide bonds. The number of benzene rings is 2. The fourth-order valence-electron chi connectivity index (χ4n) is 4.17. The highest BCUT2D eigenvalue weighted by Gasteiger charge is 2.35. The Bertz CT molecular complexity index is 1600. The number of carbonyl (C=O) groups is 1. The number of hydrogen-bond acceptors (Lipinski definition) is 8. The number of halogens is 3. The van der Waals surface area contributed by atoms with Crippen LogP contribution in [0.4, 0.5) is 8.78 Å². The predicted octanol–water partition coefficient (Wildman–Crippen LogP) is 4.57. The van der Waals surface area contributed by atoms with Gasteiger partial charge < -0.3 is 18.9 Å². The van der Waals surface area contributed by atoms with Crippen LogP contribution in [0.5, 0.6) is 17.2 Å². The van der Waals surface area contributed by atoms with Gasteiger partial charge in [-0.25, -0.2) is 9.79 Å². The van der Waals surface area contributed by atoms with Gasteiger partial charge in [0.15, 0.2) is 16.3 Å². The van der Waals surface area contributed by atoms with Gasteiger partial charge in [0, 0.05) is 4.47 Å². The molecule has 0 saturated carbocycles. The number of rotatable bonds is 9. The number of thiazole rings is 1. The first-order valence-electron chi connectivity index (χ1n) is 11.9. The zero-order valence-electron chi connectivity index (χ0n) is 21.5. The topological polar surface area (TPSA) is 88.4 Å². The SMILES string of the molecule is CCOC(=O)C1=C(C)N=c2s/c(=C/c3ccc(OC(F)F)cc3)c(=O)n2[C@H]1c1cc(OCC)c(OC)cc1Br. The number of alkyl halides is 2. The minimum absolute atomic E-state index is 0.00720. The monoisotopic (exact) mass is 622 g/mol. The number of hydrogen-bond donors (Lipinski definition) is 0. The van der Waals surface area contributed by atoms with E-state index < -0.39 is 18.6 Å². The van der Waals surface area contributed by atoms with Crippen LogP contribution in [0.15, 0.2) is 61.9 Å². The van der Waals surface area contributed by atoms with Crippen molar-refractivity contribution in [1.82, 2.24) is 4.57 Å². The molecule has 3 aromatic rings. The van der Waals surface area contributed by atoms with Crippen molar-refractivity contribution in [2.45, 2.75) is 33.4 Å². The van der Waals surface area contributed by atoms with Gasteiger partial charge in [-0.1, -0.05) is 39.4 Å². The fourth-order valence-corrected chi connectivity index (χ4v) is 5.76. The number of ether oxygens (including phenoxy) is 4. The molecule has 0 radical (unpaired) electrons. The zero-order chi connectivity index (χ0) is 28.3. The van der Waals surface area contributed by atoms with Crippen LogP contribution >= 0.6 is 27.3 Å². The first kappa shape index (κ1) is 28.5. The maximum atomic E-state index is 13.8. The van der Waals surface area contributed by atoms with Gasteiger partial charge in [-0.3, -0.25) is 9.36 Å². The lowest BCUT2D eigenvalue weighted by atomic mass is 9.95. The molecule has 4 rings (SSSR count). The Labute approximate surface area is 234 Å². The molecular weight excluding hydrogens is 598 g/mol. The van der Waals surface area contributed by atoms with Gasteiger partial charge in [-0.15, -0.1) is 0 Å². The average Bonchev–Trinajstić information content (AvgIpc) is 3.19. The highest BCUT2D eigenvalue weighted by molar-refractivity contribution is 9.10. The van der Waals surface area contributed by atoms with Gasteiger partial charge in [-0.2, -0.15) is 8.78 Å². The van der Waals surface area contributed by atoms with Crippen molar-refractivity contribution in [3.8, 4) is 17.2 Å². The second-order valence-corrected chi connectivity index (χ2v) is 10.1. The third kappa shape index (κ3) is 5.91. The van der Waals surface area contributed by atoms with Gasteiger partial charge in [0.05, 0.1) is 42.2 Å². The molecule has 1 aromatic heterocycles. The summed E-state index contributed by atoms with van der Waals surface area (Å²) < 4.78 is 48.3. The van der Waals surface area contributed by atoms with E-state index in [2.05, 4.69) is 25.7 Å². The summed E-state index contributed by atoms with van der Waals surface area (Å²) in [4.78, 5) is 31.9. The third-order valence-corrected chi connectivity index (χ3v) is 7.47. The first-order chi connectivity index (χ1) is 18.7. The molecular formula is C27H25BrF2N2O6S. The van der Waals surface area contributed by atoms with Crippen LogP contribution in [-0.4, -0.2) is 37.5 Å². The summed E-state index contributed by atoms with van der Waals surface area (Å²) in [5.74, 6) is 0.350. The Morgan fingerprint density at radius 2 is 1.90 bits per heavy atom. The van der Waals surface area contributed by atoms with Crippen LogP contribution in [0.3, 0.4) is 0 Å². The van der Waals surface area contributed by atoms with E-state index in [9.17, 15) is 18.4 Å². The number of methoxy groups -OCH3 is 1. The van der Waals surface area contributed by atoms with E-state index >= 15 is 0 Å². The molecule has 2 heterocycles. The zero-order valence-corrected chi connectivity index (χ0v) is 23.9. The lowest BCUT2D eigenvalue weighted by Crippen LogP contribution is -2.40. The van der Waals surface area contributed by atoms with Crippen molar-refractivity contribution in [2.24, 2.45) is 4.99 Å². The van der Waals surface area contributed by atoms with Gasteiger partial charge >= 0.3 is 12.6 Å². The minimum Gasteiger partial charge on any atom is -0.493 e. The first-order valence-corrected chi connectivity index (χ1v) is 13.5. The van der Waals surface area contributed by atoms with E-state index in [1.807, 2.05) is 6.92 Å². The fraction of sp³-hybridized carbons (Fsp3) is 0.296. The normalized spacial score (nSPS) is 15.2. The summed E-state index contributed by atoms with van der Waals surface area (Å²) in [6.07, 6.45) is 1.63. The Morgan fingerprint density at radius 3 is 2.51 bits per heavy atom. The van der Waals surface area contributed by atoms with Gasteiger partial charge in [0.2, 0.25) is 0 Å². The molecule has 0 N–H and O–H groups in total. The van der Waals surface area contributed by atoms with E-state index in [0.29, 0.717) is 48.7 Å². The van der Waals surface area contributed by atoms with Crippen molar-refractivity contribution in [3.05, 3.63) is 83.0 Å². The molecule has 1 aliphatic rings. The molecule has 0 fully saturated rings. The van der Waals surface area contributed by atoms with Crippen LogP contribution in [-0.2, 0) is 9.53 Å². The number of allylic oxidation sites excluding steroid dienone is 1.